The minimum atomic E-state index is -0.717. The number of nitrogens with two attached hydrogens (primary N) is 1. The van der Waals surface area contributed by atoms with Crippen LogP contribution in [0.1, 0.15) is 40.5 Å². The second-order valence-corrected chi connectivity index (χ2v) is 5.64. The molecule has 0 aromatic carbocycles. The van der Waals surface area contributed by atoms with E-state index in [2.05, 4.69) is 25.7 Å². The molecule has 4 unspecified atom stereocenters. The largest absolute Gasteiger partial charge is 0.389 e. The zero-order valence-corrected chi connectivity index (χ0v) is 10.5. The lowest BCUT2D eigenvalue weighted by atomic mass is 9.97. The molecular weight excluding hydrogens is 188 g/mol. The Morgan fingerprint density at radius 1 is 1.53 bits per heavy atom. The van der Waals surface area contributed by atoms with E-state index < -0.39 is 5.60 Å². The molecule has 0 aromatic rings. The molecule has 3 nitrogen and oxygen atoms in total. The van der Waals surface area contributed by atoms with Crippen LogP contribution in [0.2, 0.25) is 0 Å². The molecule has 0 aliphatic carbocycles. The van der Waals surface area contributed by atoms with Crippen molar-refractivity contribution >= 4 is 0 Å². The summed E-state index contributed by atoms with van der Waals surface area (Å²) >= 11 is 0. The van der Waals surface area contributed by atoms with E-state index in [-0.39, 0.29) is 0 Å². The fourth-order valence-corrected chi connectivity index (χ4v) is 2.78. The summed E-state index contributed by atoms with van der Waals surface area (Å²) in [5, 5.41) is 9.95. The lowest BCUT2D eigenvalue weighted by Crippen LogP contribution is -2.44. The van der Waals surface area contributed by atoms with Gasteiger partial charge < -0.3 is 10.8 Å². The van der Waals surface area contributed by atoms with Crippen molar-refractivity contribution in [2.75, 3.05) is 13.1 Å². The summed E-state index contributed by atoms with van der Waals surface area (Å²) in [5.74, 6) is 0.783. The highest BCUT2D eigenvalue weighted by atomic mass is 16.3. The molecule has 0 spiro atoms. The molecule has 1 fully saturated rings. The number of rotatable bonds is 4. The van der Waals surface area contributed by atoms with Crippen LogP contribution in [-0.2, 0) is 0 Å². The molecule has 4 atom stereocenters. The first kappa shape index (κ1) is 12.9. The van der Waals surface area contributed by atoms with Gasteiger partial charge in [-0.1, -0.05) is 6.92 Å². The van der Waals surface area contributed by atoms with Crippen LogP contribution in [0.5, 0.6) is 0 Å². The van der Waals surface area contributed by atoms with Crippen LogP contribution < -0.4 is 5.73 Å². The van der Waals surface area contributed by atoms with E-state index >= 15 is 0 Å². The molecule has 90 valence electrons. The molecular formula is C12H26N2O. The molecule has 1 aliphatic heterocycles. The Hall–Kier alpha value is -0.120. The van der Waals surface area contributed by atoms with Gasteiger partial charge in [0.2, 0.25) is 0 Å². The zero-order chi connectivity index (χ0) is 11.6. The summed E-state index contributed by atoms with van der Waals surface area (Å²) in [6.45, 7) is 10.1. The van der Waals surface area contributed by atoms with Gasteiger partial charge >= 0.3 is 0 Å². The van der Waals surface area contributed by atoms with Gasteiger partial charge in [0.1, 0.15) is 0 Å². The Morgan fingerprint density at radius 3 is 2.53 bits per heavy atom. The van der Waals surface area contributed by atoms with E-state index in [1.165, 1.54) is 6.42 Å². The van der Waals surface area contributed by atoms with E-state index in [1.54, 1.807) is 0 Å². The van der Waals surface area contributed by atoms with Crippen molar-refractivity contribution in [1.29, 1.82) is 0 Å². The van der Waals surface area contributed by atoms with Gasteiger partial charge in [0.15, 0.2) is 0 Å². The van der Waals surface area contributed by atoms with Crippen LogP contribution in [0, 0.1) is 5.92 Å². The maximum Gasteiger partial charge on any atom is 0.0756 e. The predicted octanol–water partition coefficient (Wildman–Crippen LogP) is 1.20. The van der Waals surface area contributed by atoms with Gasteiger partial charge in [-0.15, -0.1) is 0 Å². The molecule has 3 N–H and O–H groups in total. The molecule has 1 heterocycles. The van der Waals surface area contributed by atoms with Crippen molar-refractivity contribution in [3.8, 4) is 0 Å². The summed E-state index contributed by atoms with van der Waals surface area (Å²) < 4.78 is 0. The third-order valence-electron chi connectivity index (χ3n) is 3.57. The van der Waals surface area contributed by atoms with Crippen LogP contribution in [-0.4, -0.2) is 40.8 Å². The number of likely N-dealkylation sites (tertiary alicyclic amines) is 1. The zero-order valence-electron chi connectivity index (χ0n) is 10.5. The van der Waals surface area contributed by atoms with Crippen molar-refractivity contribution in [1.82, 2.24) is 4.90 Å². The van der Waals surface area contributed by atoms with E-state index in [0.29, 0.717) is 18.6 Å². The molecule has 0 amide bonds. The number of nitrogens with zero attached hydrogens (tertiary/aromatic N) is 1. The van der Waals surface area contributed by atoms with Gasteiger partial charge in [-0.05, 0) is 39.5 Å². The predicted molar refractivity (Wildman–Crippen MR) is 63.7 cm³/mol. The minimum absolute atomic E-state index is 0.342. The van der Waals surface area contributed by atoms with Crippen molar-refractivity contribution in [2.45, 2.75) is 58.2 Å². The summed E-state index contributed by atoms with van der Waals surface area (Å²) in [6, 6.07) is 1.06. The van der Waals surface area contributed by atoms with Crippen molar-refractivity contribution in [3.05, 3.63) is 0 Å². The molecule has 0 bridgehead atoms. The van der Waals surface area contributed by atoms with Crippen molar-refractivity contribution in [3.63, 3.8) is 0 Å². The van der Waals surface area contributed by atoms with E-state index in [4.69, 9.17) is 5.73 Å². The standard InChI is InChI=1S/C12H26N2O/c1-9-5-10(2)14(7-9)11(3)6-12(4,15)8-13/h9-11,15H,5-8,13H2,1-4H3. The van der Waals surface area contributed by atoms with E-state index in [1.807, 2.05) is 6.92 Å². The first-order valence-corrected chi connectivity index (χ1v) is 6.04. The van der Waals surface area contributed by atoms with Crippen molar-refractivity contribution in [2.24, 2.45) is 11.7 Å². The number of aliphatic hydroxyl groups is 1. The lowest BCUT2D eigenvalue weighted by Gasteiger charge is -2.33. The van der Waals surface area contributed by atoms with Crippen LogP contribution in [0.3, 0.4) is 0 Å². The summed E-state index contributed by atoms with van der Waals surface area (Å²) in [6.07, 6.45) is 2.04. The highest BCUT2D eigenvalue weighted by Gasteiger charge is 2.32. The summed E-state index contributed by atoms with van der Waals surface area (Å²) in [7, 11) is 0. The molecule has 0 aromatic heterocycles. The molecule has 1 saturated heterocycles. The summed E-state index contributed by atoms with van der Waals surface area (Å²) in [4.78, 5) is 2.49. The Morgan fingerprint density at radius 2 is 2.13 bits per heavy atom. The fraction of sp³-hybridized carbons (Fsp3) is 1.00. The summed E-state index contributed by atoms with van der Waals surface area (Å²) in [5.41, 5.74) is 4.83. The Labute approximate surface area is 93.6 Å². The normalized spacial score (nSPS) is 34.0. The molecule has 3 heteroatoms. The molecule has 1 rings (SSSR count). The number of hydrogen-bond donors (Lipinski definition) is 2. The average Bonchev–Trinajstić information content (AvgIpc) is 2.45. The molecule has 0 radical (unpaired) electrons. The topological polar surface area (TPSA) is 49.5 Å². The van der Waals surface area contributed by atoms with Crippen LogP contribution in [0.15, 0.2) is 0 Å². The smallest absolute Gasteiger partial charge is 0.0756 e. The maximum atomic E-state index is 9.95. The lowest BCUT2D eigenvalue weighted by molar-refractivity contribution is 0.0269. The van der Waals surface area contributed by atoms with Gasteiger partial charge in [0.05, 0.1) is 5.60 Å². The van der Waals surface area contributed by atoms with Gasteiger partial charge in [-0.3, -0.25) is 4.90 Å². The van der Waals surface area contributed by atoms with Crippen LogP contribution in [0.4, 0.5) is 0 Å². The Balaban J connectivity index is 2.50. The van der Waals surface area contributed by atoms with E-state index in [0.717, 1.165) is 18.9 Å². The maximum absolute atomic E-state index is 9.95. The Bertz CT molecular complexity index is 206. The van der Waals surface area contributed by atoms with Crippen LogP contribution >= 0.6 is 0 Å². The fourth-order valence-electron chi connectivity index (χ4n) is 2.78. The van der Waals surface area contributed by atoms with Gasteiger partial charge in [0.25, 0.3) is 0 Å². The van der Waals surface area contributed by atoms with E-state index in [9.17, 15) is 5.11 Å². The van der Waals surface area contributed by atoms with Crippen LogP contribution in [0.25, 0.3) is 0 Å². The molecule has 0 saturated carbocycles. The molecule has 15 heavy (non-hydrogen) atoms. The van der Waals surface area contributed by atoms with Gasteiger partial charge in [0, 0.05) is 25.2 Å². The third-order valence-corrected chi connectivity index (χ3v) is 3.57. The van der Waals surface area contributed by atoms with Gasteiger partial charge in [-0.2, -0.15) is 0 Å². The Kier molecular flexibility index (Phi) is 4.15. The van der Waals surface area contributed by atoms with Crippen molar-refractivity contribution < 1.29 is 5.11 Å². The van der Waals surface area contributed by atoms with Gasteiger partial charge in [-0.25, -0.2) is 0 Å². The monoisotopic (exact) mass is 214 g/mol. The SMILES string of the molecule is CC1CC(C)N(C(C)CC(C)(O)CN)C1. The average molecular weight is 214 g/mol. The molecule has 1 aliphatic rings. The highest BCUT2D eigenvalue weighted by Crippen LogP contribution is 2.27. The second kappa shape index (κ2) is 4.81. The first-order chi connectivity index (χ1) is 6.85. The third kappa shape index (κ3) is 3.44. The number of hydrogen-bond acceptors (Lipinski definition) is 3. The minimum Gasteiger partial charge on any atom is -0.389 e. The quantitative estimate of drug-likeness (QED) is 0.739. The second-order valence-electron chi connectivity index (χ2n) is 5.64. The highest BCUT2D eigenvalue weighted by molar-refractivity contribution is 4.87. The first-order valence-electron chi connectivity index (χ1n) is 6.04.